The molecular weight excluding hydrogens is 334 g/mol. The molecule has 1 aromatic carbocycles. The van der Waals surface area contributed by atoms with Crippen molar-refractivity contribution in [2.45, 2.75) is 51.3 Å². The lowest BCUT2D eigenvalue weighted by Gasteiger charge is -2.28. The number of carbonyl (C=O) groups is 1. The van der Waals surface area contributed by atoms with Crippen molar-refractivity contribution in [2.75, 3.05) is 6.54 Å². The van der Waals surface area contributed by atoms with Gasteiger partial charge in [-0.3, -0.25) is 9.10 Å². The minimum absolute atomic E-state index is 0.0223. The Hall–Kier alpha value is -1.84. The highest BCUT2D eigenvalue weighted by molar-refractivity contribution is 7.89. The first-order valence-electron chi connectivity index (χ1n) is 8.88. The molecule has 2 atom stereocenters. The van der Waals surface area contributed by atoms with Gasteiger partial charge in [0, 0.05) is 12.5 Å². The summed E-state index contributed by atoms with van der Waals surface area (Å²) in [6, 6.07) is 6.89. The lowest BCUT2D eigenvalue weighted by molar-refractivity contribution is -0.127. The third-order valence-electron chi connectivity index (χ3n) is 5.06. The smallest absolute Gasteiger partial charge is 0.264 e. The molecule has 5 heteroatoms. The molecule has 2 unspecified atom stereocenters. The summed E-state index contributed by atoms with van der Waals surface area (Å²) in [6.45, 7) is 6.05. The maximum Gasteiger partial charge on any atom is 0.264 e. The van der Waals surface area contributed by atoms with Gasteiger partial charge in [-0.05, 0) is 57.7 Å². The van der Waals surface area contributed by atoms with Crippen molar-refractivity contribution in [1.29, 1.82) is 0 Å². The fourth-order valence-electron chi connectivity index (χ4n) is 3.76. The Morgan fingerprint density at radius 3 is 2.44 bits per heavy atom. The molecule has 0 N–H and O–H groups in total. The van der Waals surface area contributed by atoms with Gasteiger partial charge in [0.25, 0.3) is 10.0 Å². The van der Waals surface area contributed by atoms with E-state index in [1.165, 1.54) is 4.31 Å². The SMILES string of the molecule is CC(C)=C=C1C2CCCC(CCN1S(=O)(=O)c1ccc(C)cc1)C2=O. The zero-order valence-corrected chi connectivity index (χ0v) is 15.9. The fraction of sp³-hybridized carbons (Fsp3) is 0.500. The normalized spacial score (nSPS) is 23.9. The fourth-order valence-corrected chi connectivity index (χ4v) is 5.27. The van der Waals surface area contributed by atoms with E-state index in [0.29, 0.717) is 25.1 Å². The Labute approximate surface area is 150 Å². The molecule has 0 amide bonds. The van der Waals surface area contributed by atoms with Gasteiger partial charge in [-0.25, -0.2) is 8.42 Å². The van der Waals surface area contributed by atoms with Crippen molar-refractivity contribution < 1.29 is 13.2 Å². The Morgan fingerprint density at radius 1 is 1.12 bits per heavy atom. The van der Waals surface area contributed by atoms with E-state index < -0.39 is 10.0 Å². The molecule has 2 bridgehead atoms. The average Bonchev–Trinajstić information content (AvgIpc) is 2.62. The van der Waals surface area contributed by atoms with Gasteiger partial charge < -0.3 is 0 Å². The lowest BCUT2D eigenvalue weighted by Crippen LogP contribution is -2.34. The molecule has 3 rings (SSSR count). The van der Waals surface area contributed by atoms with Crippen molar-refractivity contribution in [1.82, 2.24) is 4.31 Å². The van der Waals surface area contributed by atoms with Crippen LogP contribution in [0.3, 0.4) is 0 Å². The molecule has 134 valence electrons. The number of Topliss-reactive ketones (excluding diaryl/α,β-unsaturated/α-hetero) is 1. The Balaban J connectivity index is 2.13. The number of fused-ring (bicyclic) bond motifs is 2. The number of rotatable bonds is 2. The van der Waals surface area contributed by atoms with E-state index in [-0.39, 0.29) is 22.5 Å². The zero-order chi connectivity index (χ0) is 18.2. The number of allylic oxidation sites excluding steroid dienone is 1. The van der Waals surface area contributed by atoms with E-state index >= 15 is 0 Å². The van der Waals surface area contributed by atoms with Crippen molar-refractivity contribution >= 4 is 15.8 Å². The van der Waals surface area contributed by atoms with Crippen LogP contribution >= 0.6 is 0 Å². The summed E-state index contributed by atoms with van der Waals surface area (Å²) in [7, 11) is -3.69. The number of carbonyl (C=O) groups excluding carboxylic acids is 1. The van der Waals surface area contributed by atoms with Crippen LogP contribution in [0.4, 0.5) is 0 Å². The number of aryl methyl sites for hydroxylation is 1. The third-order valence-corrected chi connectivity index (χ3v) is 6.89. The van der Waals surface area contributed by atoms with Gasteiger partial charge >= 0.3 is 0 Å². The van der Waals surface area contributed by atoms with Crippen LogP contribution in [0.1, 0.15) is 45.1 Å². The van der Waals surface area contributed by atoms with E-state index in [2.05, 4.69) is 5.73 Å². The summed E-state index contributed by atoms with van der Waals surface area (Å²) in [4.78, 5) is 13.1. The molecule has 0 radical (unpaired) electrons. The van der Waals surface area contributed by atoms with Crippen LogP contribution in [0.2, 0.25) is 0 Å². The zero-order valence-electron chi connectivity index (χ0n) is 15.1. The molecule has 1 saturated heterocycles. The largest absolute Gasteiger partial charge is 0.299 e. The number of ketones is 1. The third kappa shape index (κ3) is 3.44. The van der Waals surface area contributed by atoms with E-state index in [4.69, 9.17) is 0 Å². The quantitative estimate of drug-likeness (QED) is 0.754. The van der Waals surface area contributed by atoms with Crippen LogP contribution in [0, 0.1) is 18.8 Å². The van der Waals surface area contributed by atoms with Gasteiger partial charge in [-0.1, -0.05) is 29.8 Å². The summed E-state index contributed by atoms with van der Waals surface area (Å²) < 4.78 is 28.0. The van der Waals surface area contributed by atoms with Gasteiger partial charge in [-0.15, -0.1) is 0 Å². The first kappa shape index (κ1) is 18.0. The predicted molar refractivity (Wildman–Crippen MR) is 97.4 cm³/mol. The van der Waals surface area contributed by atoms with Crippen LogP contribution in [-0.4, -0.2) is 25.1 Å². The molecule has 25 heavy (non-hydrogen) atoms. The summed E-state index contributed by atoms with van der Waals surface area (Å²) in [5, 5.41) is 0. The molecular formula is C20H25NO3S. The second-order valence-corrected chi connectivity index (χ2v) is 9.13. The first-order chi connectivity index (χ1) is 11.8. The average molecular weight is 359 g/mol. The van der Waals surface area contributed by atoms with Crippen LogP contribution in [-0.2, 0) is 14.8 Å². The van der Waals surface area contributed by atoms with Gasteiger partial charge in [0.05, 0.1) is 16.5 Å². The molecule has 2 fully saturated rings. The maximum absolute atomic E-state index is 13.3. The van der Waals surface area contributed by atoms with E-state index in [9.17, 15) is 13.2 Å². The molecule has 1 heterocycles. The van der Waals surface area contributed by atoms with Gasteiger partial charge in [0.2, 0.25) is 0 Å². The van der Waals surface area contributed by atoms with Crippen molar-refractivity contribution in [2.24, 2.45) is 11.8 Å². The molecule has 1 saturated carbocycles. The lowest BCUT2D eigenvalue weighted by atomic mass is 9.78. The number of sulfonamides is 1. The Morgan fingerprint density at radius 2 is 1.80 bits per heavy atom. The van der Waals surface area contributed by atoms with E-state index in [1.807, 2.05) is 20.8 Å². The number of hydrogen-bond acceptors (Lipinski definition) is 3. The summed E-state index contributed by atoms with van der Waals surface area (Å²) >= 11 is 0. The molecule has 0 aromatic heterocycles. The molecule has 0 spiro atoms. The number of nitrogens with zero attached hydrogens (tertiary/aromatic N) is 1. The van der Waals surface area contributed by atoms with Crippen molar-refractivity contribution in [3.63, 3.8) is 0 Å². The van der Waals surface area contributed by atoms with Gasteiger partial charge in [-0.2, -0.15) is 0 Å². The van der Waals surface area contributed by atoms with Crippen LogP contribution in [0.15, 0.2) is 46.2 Å². The Kier molecular flexibility index (Phi) is 4.90. The number of hydrogen-bond donors (Lipinski definition) is 0. The van der Waals surface area contributed by atoms with E-state index in [1.54, 1.807) is 24.3 Å². The molecule has 1 aromatic rings. The molecule has 1 aliphatic heterocycles. The van der Waals surface area contributed by atoms with Gasteiger partial charge in [0.1, 0.15) is 5.78 Å². The van der Waals surface area contributed by atoms with Crippen LogP contribution in [0.5, 0.6) is 0 Å². The highest BCUT2D eigenvalue weighted by Gasteiger charge is 2.42. The topological polar surface area (TPSA) is 54.5 Å². The first-order valence-corrected chi connectivity index (χ1v) is 10.3. The summed E-state index contributed by atoms with van der Waals surface area (Å²) in [5.41, 5.74) is 5.64. The second-order valence-electron chi connectivity index (χ2n) is 7.27. The maximum atomic E-state index is 13.3. The minimum Gasteiger partial charge on any atom is -0.299 e. The predicted octanol–water partition coefficient (Wildman–Crippen LogP) is 3.82. The summed E-state index contributed by atoms with van der Waals surface area (Å²) in [5.74, 6) is -0.182. The van der Waals surface area contributed by atoms with Crippen LogP contribution in [0.25, 0.3) is 0 Å². The molecule has 2 aliphatic rings. The highest BCUT2D eigenvalue weighted by Crippen LogP contribution is 2.39. The Bertz CT molecular complexity index is 841. The summed E-state index contributed by atoms with van der Waals surface area (Å²) in [6.07, 6.45) is 3.14. The highest BCUT2D eigenvalue weighted by atomic mass is 32.2. The molecule has 1 aliphatic carbocycles. The van der Waals surface area contributed by atoms with E-state index in [0.717, 1.165) is 24.0 Å². The molecule has 4 nitrogen and oxygen atoms in total. The monoisotopic (exact) mass is 359 g/mol. The minimum atomic E-state index is -3.69. The van der Waals surface area contributed by atoms with Crippen molar-refractivity contribution in [3.8, 4) is 0 Å². The number of benzene rings is 1. The van der Waals surface area contributed by atoms with Crippen LogP contribution < -0.4 is 0 Å². The van der Waals surface area contributed by atoms with Gasteiger partial charge in [0.15, 0.2) is 0 Å². The second kappa shape index (κ2) is 6.81. The van der Waals surface area contributed by atoms with Crippen molar-refractivity contribution in [3.05, 3.63) is 46.8 Å². The standard InChI is InChI=1S/C20H25NO3S/c1-14(2)13-19-18-6-4-5-16(20(18)22)11-12-21(19)25(23,24)17-9-7-15(3)8-10-17/h7-10,16,18H,4-6,11-12H2,1-3H3.